The van der Waals surface area contributed by atoms with Gasteiger partial charge in [0.1, 0.15) is 11.9 Å². The molecular formula is C16H21N3O2S. The van der Waals surface area contributed by atoms with Crippen LogP contribution in [0, 0.1) is 5.92 Å². The summed E-state index contributed by atoms with van der Waals surface area (Å²) < 4.78 is 1.71. The van der Waals surface area contributed by atoms with Crippen molar-refractivity contribution in [3.05, 3.63) is 47.5 Å². The van der Waals surface area contributed by atoms with Gasteiger partial charge in [0.25, 0.3) is 0 Å². The van der Waals surface area contributed by atoms with E-state index in [2.05, 4.69) is 10.1 Å². The summed E-state index contributed by atoms with van der Waals surface area (Å²) in [6.07, 6.45) is 1.86. The van der Waals surface area contributed by atoms with Gasteiger partial charge < -0.3 is 10.2 Å². The summed E-state index contributed by atoms with van der Waals surface area (Å²) in [5.41, 5.74) is 0.779. The Morgan fingerprint density at radius 2 is 2.05 bits per heavy atom. The Morgan fingerprint density at radius 3 is 2.73 bits per heavy atom. The minimum absolute atomic E-state index is 0.0184. The molecule has 1 aromatic carbocycles. The van der Waals surface area contributed by atoms with Gasteiger partial charge in [-0.15, -0.1) is 0 Å². The summed E-state index contributed by atoms with van der Waals surface area (Å²) in [5.74, 6) is 4.02. The SMILES string of the molecule is OCCn1nc(C(O)c2ccccc2)nc1CSCC1CC1. The predicted molar refractivity (Wildman–Crippen MR) is 86.5 cm³/mol. The number of aliphatic hydroxyl groups excluding tert-OH is 2. The Kier molecular flexibility index (Phi) is 5.12. The molecule has 0 radical (unpaired) electrons. The first-order chi connectivity index (χ1) is 10.8. The maximum Gasteiger partial charge on any atom is 0.184 e. The van der Waals surface area contributed by atoms with E-state index in [1.165, 1.54) is 12.8 Å². The minimum atomic E-state index is -0.826. The van der Waals surface area contributed by atoms with Gasteiger partial charge in [0.2, 0.25) is 0 Å². The lowest BCUT2D eigenvalue weighted by atomic mass is 10.1. The quantitative estimate of drug-likeness (QED) is 0.779. The molecule has 1 aliphatic carbocycles. The number of aromatic nitrogens is 3. The van der Waals surface area contributed by atoms with E-state index < -0.39 is 6.10 Å². The maximum absolute atomic E-state index is 10.4. The van der Waals surface area contributed by atoms with Gasteiger partial charge in [-0.3, -0.25) is 0 Å². The standard InChI is InChI=1S/C16H21N3O2S/c20-9-8-19-14(11-22-10-12-6-7-12)17-16(18-19)15(21)13-4-2-1-3-5-13/h1-5,12,15,20-21H,6-11H2. The van der Waals surface area contributed by atoms with Crippen LogP contribution in [-0.2, 0) is 12.3 Å². The molecule has 1 atom stereocenters. The Hall–Kier alpha value is -1.37. The monoisotopic (exact) mass is 319 g/mol. The molecule has 0 spiro atoms. The van der Waals surface area contributed by atoms with Crippen molar-refractivity contribution < 1.29 is 10.2 Å². The molecule has 1 aliphatic rings. The van der Waals surface area contributed by atoms with E-state index in [-0.39, 0.29) is 6.61 Å². The highest BCUT2D eigenvalue weighted by Gasteiger charge is 2.22. The molecule has 6 heteroatoms. The summed E-state index contributed by atoms with van der Waals surface area (Å²) in [5, 5.41) is 24.0. The zero-order chi connectivity index (χ0) is 15.4. The molecule has 0 bridgehead atoms. The van der Waals surface area contributed by atoms with Crippen LogP contribution >= 0.6 is 11.8 Å². The summed E-state index contributed by atoms with van der Waals surface area (Å²) in [6.45, 7) is 0.429. The lowest BCUT2D eigenvalue weighted by molar-refractivity contribution is 0.208. The van der Waals surface area contributed by atoms with E-state index in [4.69, 9.17) is 0 Å². The Morgan fingerprint density at radius 1 is 1.27 bits per heavy atom. The molecule has 1 heterocycles. The van der Waals surface area contributed by atoms with Crippen LogP contribution in [0.25, 0.3) is 0 Å². The van der Waals surface area contributed by atoms with Crippen LogP contribution in [0.3, 0.4) is 0 Å². The lowest BCUT2D eigenvalue weighted by Crippen LogP contribution is -2.09. The highest BCUT2D eigenvalue weighted by molar-refractivity contribution is 7.98. The number of rotatable bonds is 8. The second-order valence-electron chi connectivity index (χ2n) is 5.60. The smallest absolute Gasteiger partial charge is 0.184 e. The lowest BCUT2D eigenvalue weighted by Gasteiger charge is -2.05. The van der Waals surface area contributed by atoms with E-state index in [0.717, 1.165) is 28.8 Å². The molecule has 1 unspecified atom stereocenters. The van der Waals surface area contributed by atoms with Gasteiger partial charge in [-0.1, -0.05) is 30.3 Å². The largest absolute Gasteiger partial charge is 0.394 e. The first-order valence-electron chi connectivity index (χ1n) is 7.63. The molecule has 118 valence electrons. The van der Waals surface area contributed by atoms with Crippen molar-refractivity contribution in [3.63, 3.8) is 0 Å². The molecular weight excluding hydrogens is 298 g/mol. The number of benzene rings is 1. The van der Waals surface area contributed by atoms with E-state index in [1.54, 1.807) is 4.68 Å². The fourth-order valence-corrected chi connectivity index (χ4v) is 3.46. The van der Waals surface area contributed by atoms with E-state index in [0.29, 0.717) is 12.4 Å². The average molecular weight is 319 g/mol. The van der Waals surface area contributed by atoms with Gasteiger partial charge in [0, 0.05) is 0 Å². The second-order valence-corrected chi connectivity index (χ2v) is 6.63. The Labute approximate surface area is 134 Å². The van der Waals surface area contributed by atoms with Crippen molar-refractivity contribution in [2.24, 2.45) is 5.92 Å². The van der Waals surface area contributed by atoms with E-state index in [1.807, 2.05) is 42.1 Å². The van der Waals surface area contributed by atoms with Crippen LogP contribution in [-0.4, -0.2) is 37.3 Å². The van der Waals surface area contributed by atoms with Crippen LogP contribution in [0.4, 0.5) is 0 Å². The van der Waals surface area contributed by atoms with Gasteiger partial charge in [-0.2, -0.15) is 16.9 Å². The second kappa shape index (κ2) is 7.26. The molecule has 1 saturated carbocycles. The van der Waals surface area contributed by atoms with Gasteiger partial charge >= 0.3 is 0 Å². The third-order valence-electron chi connectivity index (χ3n) is 3.72. The molecule has 22 heavy (non-hydrogen) atoms. The predicted octanol–water partition coefficient (Wildman–Crippen LogP) is 2.00. The fourth-order valence-electron chi connectivity index (χ4n) is 2.28. The van der Waals surface area contributed by atoms with Gasteiger partial charge in [-0.25, -0.2) is 9.67 Å². The number of thioether (sulfide) groups is 1. The van der Waals surface area contributed by atoms with Crippen molar-refractivity contribution in [3.8, 4) is 0 Å². The average Bonchev–Trinajstić information content (AvgIpc) is 3.29. The normalized spacial score (nSPS) is 15.9. The maximum atomic E-state index is 10.4. The van der Waals surface area contributed by atoms with Crippen LogP contribution in [0.5, 0.6) is 0 Å². The molecule has 1 fully saturated rings. The van der Waals surface area contributed by atoms with Gasteiger partial charge in [0.05, 0.1) is 18.9 Å². The molecule has 3 rings (SSSR count). The van der Waals surface area contributed by atoms with Crippen LogP contribution in [0.1, 0.15) is 36.2 Å². The molecule has 0 saturated heterocycles. The molecule has 5 nitrogen and oxygen atoms in total. The third-order valence-corrected chi connectivity index (χ3v) is 4.89. The van der Waals surface area contributed by atoms with Crippen LogP contribution in [0.2, 0.25) is 0 Å². The molecule has 2 aromatic rings. The minimum Gasteiger partial charge on any atom is -0.394 e. The van der Waals surface area contributed by atoms with Crippen molar-refractivity contribution >= 4 is 11.8 Å². The molecule has 0 aliphatic heterocycles. The van der Waals surface area contributed by atoms with Gasteiger partial charge in [-0.05, 0) is 30.1 Å². The van der Waals surface area contributed by atoms with Crippen molar-refractivity contribution in [2.75, 3.05) is 12.4 Å². The van der Waals surface area contributed by atoms with Crippen molar-refractivity contribution in [1.29, 1.82) is 0 Å². The first-order valence-corrected chi connectivity index (χ1v) is 8.78. The highest BCUT2D eigenvalue weighted by Crippen LogP contribution is 2.33. The van der Waals surface area contributed by atoms with E-state index in [9.17, 15) is 10.2 Å². The summed E-state index contributed by atoms with van der Waals surface area (Å²) in [6, 6.07) is 9.40. The van der Waals surface area contributed by atoms with E-state index >= 15 is 0 Å². The zero-order valence-corrected chi connectivity index (χ0v) is 13.2. The molecule has 1 aromatic heterocycles. The summed E-state index contributed by atoms with van der Waals surface area (Å²) in [4.78, 5) is 4.49. The highest BCUT2D eigenvalue weighted by atomic mass is 32.2. The van der Waals surface area contributed by atoms with Gasteiger partial charge in [0.15, 0.2) is 5.82 Å². The number of aliphatic hydroxyl groups is 2. The third kappa shape index (κ3) is 3.88. The Balaban J connectivity index is 1.72. The molecule has 0 amide bonds. The summed E-state index contributed by atoms with van der Waals surface area (Å²) in [7, 11) is 0. The number of hydrogen-bond acceptors (Lipinski definition) is 5. The van der Waals surface area contributed by atoms with Crippen LogP contribution in [0.15, 0.2) is 30.3 Å². The first kappa shape index (κ1) is 15.5. The zero-order valence-electron chi connectivity index (χ0n) is 12.4. The Bertz CT molecular complexity index is 599. The fraction of sp³-hybridized carbons (Fsp3) is 0.500. The van der Waals surface area contributed by atoms with Crippen LogP contribution < -0.4 is 0 Å². The molecule has 2 N–H and O–H groups in total. The van der Waals surface area contributed by atoms with Crippen molar-refractivity contribution in [1.82, 2.24) is 14.8 Å². The summed E-state index contributed by atoms with van der Waals surface area (Å²) >= 11 is 1.85. The topological polar surface area (TPSA) is 71.2 Å². The number of hydrogen-bond donors (Lipinski definition) is 2. The van der Waals surface area contributed by atoms with Crippen molar-refractivity contribution in [2.45, 2.75) is 31.2 Å². The number of nitrogens with zero attached hydrogens (tertiary/aromatic N) is 3.